The number of aliphatic hydroxyl groups excluding tert-OH is 1. The van der Waals surface area contributed by atoms with Crippen molar-refractivity contribution in [1.29, 1.82) is 0 Å². The highest BCUT2D eigenvalue weighted by Crippen LogP contribution is 2.32. The molecular formula is C24H26F2N6O. The molecule has 4 rings (SSSR count). The quantitative estimate of drug-likeness (QED) is 0.319. The monoisotopic (exact) mass is 452 g/mol. The van der Waals surface area contributed by atoms with Gasteiger partial charge in [0.25, 0.3) is 0 Å². The summed E-state index contributed by atoms with van der Waals surface area (Å²) in [6.07, 6.45) is 3.33. The molecule has 3 heterocycles. The summed E-state index contributed by atoms with van der Waals surface area (Å²) >= 11 is 0. The van der Waals surface area contributed by atoms with E-state index >= 15 is 0 Å². The van der Waals surface area contributed by atoms with Gasteiger partial charge in [-0.1, -0.05) is 0 Å². The lowest BCUT2D eigenvalue weighted by molar-refractivity contribution is 0.292. The molecule has 172 valence electrons. The van der Waals surface area contributed by atoms with E-state index in [1.807, 2.05) is 31.4 Å². The Morgan fingerprint density at radius 1 is 1.06 bits per heavy atom. The average molecular weight is 453 g/mol. The summed E-state index contributed by atoms with van der Waals surface area (Å²) in [5, 5.41) is 15.4. The molecule has 9 heteroatoms. The van der Waals surface area contributed by atoms with Crippen LogP contribution in [0.3, 0.4) is 0 Å². The lowest BCUT2D eigenvalue weighted by Crippen LogP contribution is -2.05. The minimum absolute atomic E-state index is 0.00440. The number of aliphatic hydroxyl groups is 1. The van der Waals surface area contributed by atoms with Crippen molar-refractivity contribution >= 4 is 28.4 Å². The Balaban J connectivity index is 1.64. The van der Waals surface area contributed by atoms with E-state index in [4.69, 9.17) is 5.11 Å². The Morgan fingerprint density at radius 2 is 1.88 bits per heavy atom. The molecule has 0 radical (unpaired) electrons. The standard InChI is InChI=1S/C24H26F2N6O/c1-14(2)32-15(3)9-18-19(25)10-16(11-21(18)32)23-20(26)13-29-24(31-23)30-22-6-5-17(12-28-22)27-7-4-8-33/h5-6,9-14,27,33H,4,7-8H2,1-3H3,(H,28,29,30,31). The summed E-state index contributed by atoms with van der Waals surface area (Å²) in [7, 11) is 0. The van der Waals surface area contributed by atoms with Crippen LogP contribution in [0.2, 0.25) is 0 Å². The number of halogens is 2. The molecule has 0 bridgehead atoms. The second kappa shape index (κ2) is 9.50. The molecule has 0 amide bonds. The van der Waals surface area contributed by atoms with Crippen LogP contribution in [0.5, 0.6) is 0 Å². The first kappa shape index (κ1) is 22.6. The molecule has 1 aromatic carbocycles. The lowest BCUT2D eigenvalue weighted by atomic mass is 10.1. The topological polar surface area (TPSA) is 87.9 Å². The summed E-state index contributed by atoms with van der Waals surface area (Å²) in [4.78, 5) is 12.6. The van der Waals surface area contributed by atoms with E-state index in [0.29, 0.717) is 35.2 Å². The van der Waals surface area contributed by atoms with Gasteiger partial charge in [-0.3, -0.25) is 0 Å². The molecule has 0 atom stereocenters. The SMILES string of the molecule is Cc1cc2c(F)cc(-c3nc(Nc4ccc(NCCCO)cn4)ncc3F)cc2n1C(C)C. The van der Waals surface area contributed by atoms with E-state index < -0.39 is 11.6 Å². The van der Waals surface area contributed by atoms with Crippen LogP contribution in [0.1, 0.15) is 32.0 Å². The largest absolute Gasteiger partial charge is 0.396 e. The summed E-state index contributed by atoms with van der Waals surface area (Å²) in [6.45, 7) is 6.71. The van der Waals surface area contributed by atoms with Gasteiger partial charge in [-0.05, 0) is 57.5 Å². The van der Waals surface area contributed by atoms with Gasteiger partial charge in [0, 0.05) is 35.8 Å². The van der Waals surface area contributed by atoms with Crippen LogP contribution in [0.4, 0.5) is 26.2 Å². The molecule has 0 unspecified atom stereocenters. The van der Waals surface area contributed by atoms with E-state index in [-0.39, 0.29) is 24.3 Å². The Kier molecular flexibility index (Phi) is 6.50. The van der Waals surface area contributed by atoms with Gasteiger partial charge in [-0.25, -0.2) is 23.7 Å². The van der Waals surface area contributed by atoms with Crippen molar-refractivity contribution in [1.82, 2.24) is 19.5 Å². The number of anilines is 3. The molecule has 0 fully saturated rings. The summed E-state index contributed by atoms with van der Waals surface area (Å²) < 4.78 is 31.6. The third kappa shape index (κ3) is 4.78. The maximum absolute atomic E-state index is 14.9. The second-order valence-corrected chi connectivity index (χ2v) is 8.09. The Labute approximate surface area is 190 Å². The Bertz CT molecular complexity index is 1270. The maximum atomic E-state index is 14.9. The van der Waals surface area contributed by atoms with Crippen molar-refractivity contribution in [2.24, 2.45) is 0 Å². The number of hydrogen-bond donors (Lipinski definition) is 3. The third-order valence-corrected chi connectivity index (χ3v) is 5.30. The van der Waals surface area contributed by atoms with Gasteiger partial charge in [-0.2, -0.15) is 0 Å². The van der Waals surface area contributed by atoms with Crippen LogP contribution in [-0.2, 0) is 0 Å². The minimum Gasteiger partial charge on any atom is -0.396 e. The number of aryl methyl sites for hydroxylation is 1. The van der Waals surface area contributed by atoms with Crippen molar-refractivity contribution in [2.75, 3.05) is 23.8 Å². The van der Waals surface area contributed by atoms with Gasteiger partial charge >= 0.3 is 0 Å². The first-order valence-electron chi connectivity index (χ1n) is 10.8. The Hall–Kier alpha value is -3.59. The van der Waals surface area contributed by atoms with Crippen LogP contribution in [0.25, 0.3) is 22.2 Å². The normalized spacial score (nSPS) is 11.4. The smallest absolute Gasteiger partial charge is 0.229 e. The van der Waals surface area contributed by atoms with Crippen LogP contribution < -0.4 is 10.6 Å². The molecule has 0 aliphatic carbocycles. The van der Waals surface area contributed by atoms with Crippen LogP contribution in [0.15, 0.2) is 42.7 Å². The fraction of sp³-hybridized carbons (Fsp3) is 0.292. The molecule has 0 aliphatic heterocycles. The summed E-state index contributed by atoms with van der Waals surface area (Å²) in [5.74, 6) is -0.444. The molecular weight excluding hydrogens is 426 g/mol. The average Bonchev–Trinajstić information content (AvgIpc) is 3.13. The first-order chi connectivity index (χ1) is 15.9. The lowest BCUT2D eigenvalue weighted by Gasteiger charge is -2.13. The summed E-state index contributed by atoms with van der Waals surface area (Å²) in [5.41, 5.74) is 2.77. The van der Waals surface area contributed by atoms with Gasteiger partial charge in [-0.15, -0.1) is 0 Å². The van der Waals surface area contributed by atoms with Crippen LogP contribution in [-0.4, -0.2) is 37.8 Å². The molecule has 7 nitrogen and oxygen atoms in total. The van der Waals surface area contributed by atoms with Crippen molar-refractivity contribution in [3.63, 3.8) is 0 Å². The molecule has 3 aromatic heterocycles. The van der Waals surface area contributed by atoms with Gasteiger partial charge < -0.3 is 20.3 Å². The molecule has 4 aromatic rings. The zero-order valence-corrected chi connectivity index (χ0v) is 18.7. The number of rotatable bonds is 8. The van der Waals surface area contributed by atoms with Gasteiger partial charge in [0.2, 0.25) is 5.95 Å². The number of fused-ring (bicyclic) bond motifs is 1. The highest BCUT2D eigenvalue weighted by molar-refractivity contribution is 5.87. The van der Waals surface area contributed by atoms with Gasteiger partial charge in [0.1, 0.15) is 17.3 Å². The number of nitrogens with zero attached hydrogens (tertiary/aromatic N) is 4. The van der Waals surface area contributed by atoms with Gasteiger partial charge in [0.05, 0.1) is 23.6 Å². The highest BCUT2D eigenvalue weighted by atomic mass is 19.1. The number of nitrogens with one attached hydrogen (secondary N) is 2. The van der Waals surface area contributed by atoms with E-state index in [1.54, 1.807) is 24.4 Å². The fourth-order valence-electron chi connectivity index (χ4n) is 3.86. The molecule has 0 aliphatic rings. The van der Waals surface area contributed by atoms with Gasteiger partial charge in [0.15, 0.2) is 5.82 Å². The molecule has 0 saturated carbocycles. The highest BCUT2D eigenvalue weighted by Gasteiger charge is 2.17. The zero-order chi connectivity index (χ0) is 23.5. The van der Waals surface area contributed by atoms with Crippen LogP contribution in [0, 0.1) is 18.6 Å². The van der Waals surface area contributed by atoms with E-state index in [9.17, 15) is 8.78 Å². The van der Waals surface area contributed by atoms with E-state index in [0.717, 1.165) is 17.6 Å². The molecule has 3 N–H and O–H groups in total. The van der Waals surface area contributed by atoms with Crippen molar-refractivity contribution in [3.05, 3.63) is 60.1 Å². The second-order valence-electron chi connectivity index (χ2n) is 8.09. The number of pyridine rings is 1. The van der Waals surface area contributed by atoms with E-state index in [2.05, 4.69) is 25.6 Å². The predicted octanol–water partition coefficient (Wildman–Crippen LogP) is 5.20. The van der Waals surface area contributed by atoms with E-state index in [1.165, 1.54) is 6.07 Å². The van der Waals surface area contributed by atoms with Crippen LogP contribution >= 0.6 is 0 Å². The fourth-order valence-corrected chi connectivity index (χ4v) is 3.86. The van der Waals surface area contributed by atoms with Crippen molar-refractivity contribution < 1.29 is 13.9 Å². The van der Waals surface area contributed by atoms with Crippen molar-refractivity contribution in [3.8, 4) is 11.3 Å². The molecule has 33 heavy (non-hydrogen) atoms. The molecule has 0 saturated heterocycles. The number of hydrogen-bond acceptors (Lipinski definition) is 6. The Morgan fingerprint density at radius 3 is 2.58 bits per heavy atom. The summed E-state index contributed by atoms with van der Waals surface area (Å²) in [6, 6.07) is 8.53. The molecule has 0 spiro atoms. The maximum Gasteiger partial charge on any atom is 0.229 e. The first-order valence-corrected chi connectivity index (χ1v) is 10.8. The minimum atomic E-state index is -0.643. The number of benzene rings is 1. The van der Waals surface area contributed by atoms with Crippen molar-refractivity contribution in [2.45, 2.75) is 33.2 Å². The predicted molar refractivity (Wildman–Crippen MR) is 126 cm³/mol. The zero-order valence-electron chi connectivity index (χ0n) is 18.7. The third-order valence-electron chi connectivity index (χ3n) is 5.30. The number of aromatic nitrogens is 4.